The molecule has 2 unspecified atom stereocenters. The molecule has 0 spiro atoms. The van der Waals surface area contributed by atoms with E-state index in [0.29, 0.717) is 0 Å². The third-order valence-corrected chi connectivity index (χ3v) is 3.40. The zero-order chi connectivity index (χ0) is 14.1. The summed E-state index contributed by atoms with van der Waals surface area (Å²) >= 11 is 0. The fourth-order valence-corrected chi connectivity index (χ4v) is 2.44. The zero-order valence-corrected chi connectivity index (χ0v) is 11.4. The first-order valence-corrected chi connectivity index (χ1v) is 6.06. The van der Waals surface area contributed by atoms with Gasteiger partial charge in [0.1, 0.15) is 0 Å². The number of nitrogens with zero attached hydrogens (tertiary/aromatic N) is 2. The standard InChI is InChI=1S/C12H22N2O4/c1-8(16)14-9(7-15)5-13(11(17)18)6-10(14)12(2,3)4/h9-10,15H,5-7H2,1-4H3,(H,17,18). The number of carboxylic acid groups (broad SMARTS) is 1. The van der Waals surface area contributed by atoms with Gasteiger partial charge in [-0.2, -0.15) is 0 Å². The van der Waals surface area contributed by atoms with Gasteiger partial charge in [0, 0.05) is 20.0 Å². The molecule has 104 valence electrons. The highest BCUT2D eigenvalue weighted by Gasteiger charge is 2.42. The molecule has 0 aliphatic carbocycles. The van der Waals surface area contributed by atoms with Gasteiger partial charge in [-0.05, 0) is 5.41 Å². The van der Waals surface area contributed by atoms with Crippen molar-refractivity contribution >= 4 is 12.0 Å². The fraction of sp³-hybridized carbons (Fsp3) is 0.833. The highest BCUT2D eigenvalue weighted by atomic mass is 16.4. The van der Waals surface area contributed by atoms with Crippen LogP contribution >= 0.6 is 0 Å². The van der Waals surface area contributed by atoms with Crippen molar-refractivity contribution in [1.82, 2.24) is 9.80 Å². The molecule has 6 nitrogen and oxygen atoms in total. The lowest BCUT2D eigenvalue weighted by Gasteiger charge is -2.50. The average molecular weight is 258 g/mol. The van der Waals surface area contributed by atoms with Crippen LogP contribution in [0.2, 0.25) is 0 Å². The van der Waals surface area contributed by atoms with Crippen LogP contribution in [0.5, 0.6) is 0 Å². The number of aliphatic hydroxyl groups is 1. The van der Waals surface area contributed by atoms with E-state index in [-0.39, 0.29) is 37.1 Å². The SMILES string of the molecule is CC(=O)N1C(CO)CN(C(=O)O)CC1C(C)(C)C. The van der Waals surface area contributed by atoms with Gasteiger partial charge in [-0.3, -0.25) is 4.79 Å². The van der Waals surface area contributed by atoms with Crippen LogP contribution in [0.15, 0.2) is 0 Å². The van der Waals surface area contributed by atoms with Gasteiger partial charge in [-0.15, -0.1) is 0 Å². The molecule has 0 saturated carbocycles. The maximum atomic E-state index is 11.8. The van der Waals surface area contributed by atoms with Crippen LogP contribution in [0.4, 0.5) is 4.79 Å². The number of amides is 2. The Balaban J connectivity index is 3.06. The Morgan fingerprint density at radius 1 is 1.28 bits per heavy atom. The lowest BCUT2D eigenvalue weighted by atomic mass is 9.83. The van der Waals surface area contributed by atoms with E-state index in [1.54, 1.807) is 4.90 Å². The molecular formula is C12H22N2O4. The Kier molecular flexibility index (Phi) is 4.21. The number of hydrogen-bond donors (Lipinski definition) is 2. The van der Waals surface area contributed by atoms with Crippen LogP contribution in [0.3, 0.4) is 0 Å². The van der Waals surface area contributed by atoms with Crippen LogP contribution < -0.4 is 0 Å². The Morgan fingerprint density at radius 3 is 2.17 bits per heavy atom. The first-order valence-electron chi connectivity index (χ1n) is 6.06. The first kappa shape index (κ1) is 14.8. The molecule has 1 aliphatic rings. The van der Waals surface area contributed by atoms with Gasteiger partial charge >= 0.3 is 6.09 Å². The summed E-state index contributed by atoms with van der Waals surface area (Å²) < 4.78 is 0. The second kappa shape index (κ2) is 5.14. The van der Waals surface area contributed by atoms with Gasteiger partial charge in [0.15, 0.2) is 0 Å². The van der Waals surface area contributed by atoms with Crippen molar-refractivity contribution in [2.75, 3.05) is 19.7 Å². The van der Waals surface area contributed by atoms with Crippen LogP contribution in [-0.4, -0.2) is 63.8 Å². The van der Waals surface area contributed by atoms with Gasteiger partial charge in [0.2, 0.25) is 5.91 Å². The Morgan fingerprint density at radius 2 is 1.83 bits per heavy atom. The van der Waals surface area contributed by atoms with Crippen molar-refractivity contribution < 1.29 is 19.8 Å². The normalized spacial score (nSPS) is 25.2. The van der Waals surface area contributed by atoms with Gasteiger partial charge in [-0.1, -0.05) is 20.8 Å². The minimum absolute atomic E-state index is 0.126. The van der Waals surface area contributed by atoms with E-state index < -0.39 is 12.1 Å². The van der Waals surface area contributed by atoms with E-state index >= 15 is 0 Å². The molecule has 2 amide bonds. The fourth-order valence-electron chi connectivity index (χ4n) is 2.44. The molecule has 2 N–H and O–H groups in total. The maximum absolute atomic E-state index is 11.8. The minimum Gasteiger partial charge on any atom is -0.465 e. The maximum Gasteiger partial charge on any atom is 0.407 e. The summed E-state index contributed by atoms with van der Waals surface area (Å²) in [7, 11) is 0. The number of carbonyl (C=O) groups is 2. The quantitative estimate of drug-likeness (QED) is 0.722. The third kappa shape index (κ3) is 2.93. The summed E-state index contributed by atoms with van der Waals surface area (Å²) in [5.74, 6) is -0.126. The Bertz CT molecular complexity index is 337. The molecule has 0 aromatic heterocycles. The number of carbonyl (C=O) groups excluding carboxylic acids is 1. The molecule has 6 heteroatoms. The van der Waals surface area contributed by atoms with E-state index in [1.165, 1.54) is 11.8 Å². The lowest BCUT2D eigenvalue weighted by molar-refractivity contribution is -0.143. The second-order valence-electron chi connectivity index (χ2n) is 5.83. The highest BCUT2D eigenvalue weighted by Crippen LogP contribution is 2.30. The number of hydrogen-bond acceptors (Lipinski definition) is 3. The van der Waals surface area contributed by atoms with Crippen LogP contribution in [0, 0.1) is 5.41 Å². The largest absolute Gasteiger partial charge is 0.465 e. The highest BCUT2D eigenvalue weighted by molar-refractivity contribution is 5.75. The van der Waals surface area contributed by atoms with E-state index in [2.05, 4.69) is 0 Å². The molecule has 1 saturated heterocycles. The number of piperazine rings is 1. The number of rotatable bonds is 1. The molecule has 0 radical (unpaired) electrons. The van der Waals surface area contributed by atoms with Gasteiger partial charge < -0.3 is 20.0 Å². The molecule has 2 atom stereocenters. The van der Waals surface area contributed by atoms with E-state index in [1.807, 2.05) is 20.8 Å². The van der Waals surface area contributed by atoms with Crippen LogP contribution in [0.1, 0.15) is 27.7 Å². The van der Waals surface area contributed by atoms with Crippen LogP contribution in [-0.2, 0) is 4.79 Å². The van der Waals surface area contributed by atoms with E-state index in [4.69, 9.17) is 5.11 Å². The Labute approximate surface area is 107 Å². The van der Waals surface area contributed by atoms with Crippen molar-refractivity contribution in [2.45, 2.75) is 39.8 Å². The summed E-state index contributed by atoms with van der Waals surface area (Å²) in [6.45, 7) is 7.58. The summed E-state index contributed by atoms with van der Waals surface area (Å²) in [6, 6.07) is -0.687. The molecule has 0 bridgehead atoms. The summed E-state index contributed by atoms with van der Waals surface area (Å²) in [4.78, 5) is 25.8. The van der Waals surface area contributed by atoms with E-state index in [9.17, 15) is 14.7 Å². The molecule has 1 fully saturated rings. The molecule has 1 heterocycles. The van der Waals surface area contributed by atoms with Crippen LogP contribution in [0.25, 0.3) is 0 Å². The number of aliphatic hydroxyl groups excluding tert-OH is 1. The van der Waals surface area contributed by atoms with Crippen molar-refractivity contribution in [3.63, 3.8) is 0 Å². The van der Waals surface area contributed by atoms with Crippen molar-refractivity contribution in [2.24, 2.45) is 5.41 Å². The van der Waals surface area contributed by atoms with Gasteiger partial charge in [-0.25, -0.2) is 4.79 Å². The molecular weight excluding hydrogens is 236 g/mol. The average Bonchev–Trinajstić information content (AvgIpc) is 2.25. The Hall–Kier alpha value is -1.30. The zero-order valence-electron chi connectivity index (χ0n) is 11.4. The summed E-state index contributed by atoms with van der Waals surface area (Å²) in [6.07, 6.45) is -1.01. The second-order valence-corrected chi connectivity index (χ2v) is 5.83. The smallest absolute Gasteiger partial charge is 0.407 e. The monoisotopic (exact) mass is 258 g/mol. The molecule has 1 aliphatic heterocycles. The van der Waals surface area contributed by atoms with Crippen molar-refractivity contribution in [3.8, 4) is 0 Å². The first-order chi connectivity index (χ1) is 8.18. The molecule has 0 aromatic carbocycles. The lowest BCUT2D eigenvalue weighted by Crippen LogP contribution is -2.65. The van der Waals surface area contributed by atoms with Gasteiger partial charge in [0.25, 0.3) is 0 Å². The molecule has 0 aromatic rings. The summed E-state index contributed by atoms with van der Waals surface area (Å²) in [5, 5.41) is 18.5. The topological polar surface area (TPSA) is 81.1 Å². The minimum atomic E-state index is -1.01. The van der Waals surface area contributed by atoms with Crippen molar-refractivity contribution in [3.05, 3.63) is 0 Å². The summed E-state index contributed by atoms with van der Waals surface area (Å²) in [5.41, 5.74) is -0.243. The molecule has 18 heavy (non-hydrogen) atoms. The predicted molar refractivity (Wildman–Crippen MR) is 66.2 cm³/mol. The van der Waals surface area contributed by atoms with Gasteiger partial charge in [0.05, 0.1) is 18.7 Å². The third-order valence-electron chi connectivity index (χ3n) is 3.40. The van der Waals surface area contributed by atoms with E-state index in [0.717, 1.165) is 0 Å². The predicted octanol–water partition coefficient (Wildman–Crippen LogP) is 0.604. The van der Waals surface area contributed by atoms with Crippen molar-refractivity contribution in [1.29, 1.82) is 0 Å². The molecule has 1 rings (SSSR count).